The molecule has 2 bridgehead atoms. The van der Waals surface area contributed by atoms with E-state index in [1.807, 2.05) is 74.9 Å². The molecule has 18 nitrogen and oxygen atoms in total. The molecular formula is C54H66N12O6S. The number of nitrogens with two attached hydrogens (primary N) is 1. The van der Waals surface area contributed by atoms with Gasteiger partial charge in [-0.05, 0) is 91.7 Å². The molecule has 384 valence electrons. The number of piperazine rings is 2. The third-order valence-electron chi connectivity index (χ3n) is 15.0. The summed E-state index contributed by atoms with van der Waals surface area (Å²) in [7, 11) is 0. The number of carbonyl (C=O) groups excluding carboxylic acids is 2. The number of phenolic OH excluding ortho intramolecular Hbond substituents is 1. The number of aliphatic hydroxyl groups is 1. The fourth-order valence-corrected chi connectivity index (χ4v) is 11.9. The van der Waals surface area contributed by atoms with Gasteiger partial charge in [-0.15, -0.1) is 21.5 Å². The Morgan fingerprint density at radius 2 is 1.68 bits per heavy atom. The Bertz CT molecular complexity index is 2840. The molecular weight excluding hydrogens is 945 g/mol. The third-order valence-corrected chi connectivity index (χ3v) is 15.9. The summed E-state index contributed by atoms with van der Waals surface area (Å²) < 4.78 is 11.8. The summed E-state index contributed by atoms with van der Waals surface area (Å²) in [4.78, 5) is 49.2. The fraction of sp³-hybridized carbons (Fsp3) is 0.463. The number of nitrogens with zero attached hydrogens (tertiary/aromatic N) is 10. The number of pyridine rings is 1. The maximum Gasteiger partial charge on any atom is 0.254 e. The van der Waals surface area contributed by atoms with E-state index in [-0.39, 0.29) is 36.4 Å². The van der Waals surface area contributed by atoms with Crippen molar-refractivity contribution in [3.63, 3.8) is 0 Å². The van der Waals surface area contributed by atoms with E-state index in [4.69, 9.17) is 20.0 Å². The number of anilines is 3. The van der Waals surface area contributed by atoms with Crippen LogP contribution in [0.5, 0.6) is 11.6 Å². The minimum absolute atomic E-state index is 0.0644. The molecule has 19 heteroatoms. The van der Waals surface area contributed by atoms with Gasteiger partial charge in [0.25, 0.3) is 5.88 Å². The first-order chi connectivity index (χ1) is 35.4. The quantitative estimate of drug-likeness (QED) is 0.0807. The van der Waals surface area contributed by atoms with E-state index < -0.39 is 18.1 Å². The normalized spacial score (nSPS) is 20.8. The Morgan fingerprint density at radius 3 is 2.41 bits per heavy atom. The zero-order chi connectivity index (χ0) is 50.6. The first kappa shape index (κ1) is 49.9. The second-order valence-corrected chi connectivity index (χ2v) is 21.1. The van der Waals surface area contributed by atoms with Gasteiger partial charge < -0.3 is 50.1 Å². The van der Waals surface area contributed by atoms with Crippen molar-refractivity contribution in [2.45, 2.75) is 89.6 Å². The van der Waals surface area contributed by atoms with Crippen molar-refractivity contribution in [3.8, 4) is 33.3 Å². The highest BCUT2D eigenvalue weighted by molar-refractivity contribution is 7.13. The number of phenols is 1. The maximum atomic E-state index is 14.2. The molecule has 2 unspecified atom stereocenters. The molecule has 8 heterocycles. The van der Waals surface area contributed by atoms with Gasteiger partial charge in [0.1, 0.15) is 24.3 Å². The molecule has 4 aliphatic heterocycles. The highest BCUT2D eigenvalue weighted by Crippen LogP contribution is 2.40. The van der Waals surface area contributed by atoms with Gasteiger partial charge in [-0.2, -0.15) is 0 Å². The summed E-state index contributed by atoms with van der Waals surface area (Å²) in [5.74, 6) is -0.200. The van der Waals surface area contributed by atoms with Crippen LogP contribution in [0, 0.1) is 12.8 Å². The first-order valence-electron chi connectivity index (χ1n) is 25.6. The summed E-state index contributed by atoms with van der Waals surface area (Å²) in [5.41, 5.74) is 15.7. The van der Waals surface area contributed by atoms with E-state index in [9.17, 15) is 19.8 Å². The van der Waals surface area contributed by atoms with Crippen LogP contribution >= 0.6 is 11.3 Å². The summed E-state index contributed by atoms with van der Waals surface area (Å²) >= 11 is 1.59. The lowest BCUT2D eigenvalue weighted by Gasteiger charge is -2.43. The highest BCUT2D eigenvalue weighted by Gasteiger charge is 2.44. The zero-order valence-electron chi connectivity index (χ0n) is 41.8. The molecule has 0 radical (unpaired) electrons. The Hall–Kier alpha value is -6.67. The predicted octanol–water partition coefficient (Wildman–Crippen LogP) is 5.75. The molecule has 4 saturated heterocycles. The molecule has 0 spiro atoms. The number of fused-ring (bicyclic) bond motifs is 2. The van der Waals surface area contributed by atoms with Gasteiger partial charge in [0.05, 0.1) is 33.6 Å². The number of β-amino-alcohol motifs (C(OH)–C–C–N with tert-alkyl or cyclic N) is 1. The zero-order valence-corrected chi connectivity index (χ0v) is 42.7. The van der Waals surface area contributed by atoms with E-state index in [1.54, 1.807) is 29.5 Å². The molecule has 2 aromatic carbocycles. The van der Waals surface area contributed by atoms with Crippen molar-refractivity contribution in [2.75, 3.05) is 81.0 Å². The number of rotatable bonds is 18. The summed E-state index contributed by atoms with van der Waals surface area (Å²) in [6, 6.07) is 23.1. The monoisotopic (exact) mass is 1010 g/mol. The number of thiazole rings is 1. The second-order valence-electron chi connectivity index (χ2n) is 20.2. The minimum Gasteiger partial charge on any atom is -0.507 e. The van der Waals surface area contributed by atoms with Crippen LogP contribution in [0.4, 0.5) is 17.2 Å². The highest BCUT2D eigenvalue weighted by atomic mass is 32.1. The van der Waals surface area contributed by atoms with Gasteiger partial charge in [-0.3, -0.25) is 19.5 Å². The average molecular weight is 1010 g/mol. The lowest BCUT2D eigenvalue weighted by molar-refractivity contribution is -0.141. The van der Waals surface area contributed by atoms with Crippen molar-refractivity contribution in [2.24, 2.45) is 5.92 Å². The number of aryl methyl sites for hydroxylation is 2. The SMILES string of the molecule is Cc1ncsc1-c1ccc(CNC(=O)[C@@H]2C[C@@H](O)CN2C(=O)[C@@H](c2cc(OCCN3CCN(CCCc4cc(N5C6CCC5CN(c5cc(-c7ccccc7O)nnc5N)C6)ccn4)CC3)no2)C(C)C)cc1. The summed E-state index contributed by atoms with van der Waals surface area (Å²) in [6.45, 7) is 13.9. The molecule has 4 aromatic heterocycles. The Labute approximate surface area is 430 Å². The maximum absolute atomic E-state index is 14.2. The standard InChI is InChI=1S/C54H66N12O6S/c1-34(2)50(54(70)65-32-42(67)26-46(65)53(69)57-29-36-10-12-37(13-11-36)51-35(3)58-33-73-51)48-28-49(61-72-48)71-24-23-63-21-19-62(20-22-63)18-6-7-38-25-39(16-17-56-38)66-40-14-15-41(66)31-64(30-40)45-27-44(59-60-52(45)55)43-8-4-5-9-47(43)68/h4-5,8-13,16-17,25,27-28,33-34,40-42,46,50,67-68H,6-7,14-15,18-24,26,29-32H2,1-3H3,(H2,55,60)(H,57,69)/t40?,41?,42-,46+,50-/m1/s1. The second kappa shape index (κ2) is 22.2. The number of amides is 2. The van der Waals surface area contributed by atoms with Crippen molar-refractivity contribution < 1.29 is 29.1 Å². The van der Waals surface area contributed by atoms with Gasteiger partial charge in [0.2, 0.25) is 11.8 Å². The van der Waals surface area contributed by atoms with Crippen molar-refractivity contribution in [1.82, 2.24) is 45.3 Å². The number of para-hydroxylation sites is 1. The van der Waals surface area contributed by atoms with Crippen LogP contribution in [-0.4, -0.2) is 152 Å². The summed E-state index contributed by atoms with van der Waals surface area (Å²) in [6.07, 6.45) is 5.45. The van der Waals surface area contributed by atoms with Gasteiger partial charge >= 0.3 is 0 Å². The van der Waals surface area contributed by atoms with Crippen molar-refractivity contribution in [3.05, 3.63) is 107 Å². The van der Waals surface area contributed by atoms with Crippen LogP contribution in [0.25, 0.3) is 21.7 Å². The van der Waals surface area contributed by atoms with Crippen LogP contribution in [-0.2, 0) is 22.6 Å². The molecule has 5 N–H and O–H groups in total. The van der Waals surface area contributed by atoms with E-state index in [2.05, 4.69) is 57.4 Å². The van der Waals surface area contributed by atoms with E-state index in [1.165, 1.54) is 10.6 Å². The Kier molecular flexibility index (Phi) is 15.2. The molecule has 0 saturated carbocycles. The number of nitrogens with one attached hydrogen (secondary N) is 1. The van der Waals surface area contributed by atoms with Crippen LogP contribution in [0.1, 0.15) is 68.2 Å². The molecule has 0 aliphatic carbocycles. The largest absolute Gasteiger partial charge is 0.507 e. The fourth-order valence-electron chi connectivity index (χ4n) is 11.1. The lowest BCUT2D eigenvalue weighted by Crippen LogP contribution is -2.54. The lowest BCUT2D eigenvalue weighted by atomic mass is 9.91. The number of aromatic nitrogens is 5. The predicted molar refractivity (Wildman–Crippen MR) is 280 cm³/mol. The van der Waals surface area contributed by atoms with Crippen LogP contribution in [0.2, 0.25) is 0 Å². The van der Waals surface area contributed by atoms with Gasteiger partial charge in [-0.1, -0.05) is 50.2 Å². The molecule has 6 aromatic rings. The number of carbonyl (C=O) groups is 2. The number of hydrogen-bond acceptors (Lipinski definition) is 17. The van der Waals surface area contributed by atoms with E-state index in [0.29, 0.717) is 54.0 Å². The van der Waals surface area contributed by atoms with E-state index >= 15 is 0 Å². The number of benzene rings is 2. The number of likely N-dealkylation sites (tertiary alicyclic amines) is 1. The topological polar surface area (TPSA) is 216 Å². The number of nitrogen functional groups attached to an aromatic ring is 1. The van der Waals surface area contributed by atoms with Gasteiger partial charge in [0.15, 0.2) is 11.6 Å². The molecule has 4 aliphatic rings. The molecule has 2 amide bonds. The Morgan fingerprint density at radius 1 is 0.932 bits per heavy atom. The van der Waals surface area contributed by atoms with E-state index in [0.717, 1.165) is 111 Å². The number of aliphatic hydroxyl groups excluding tert-OH is 1. The van der Waals surface area contributed by atoms with Crippen LogP contribution in [0.15, 0.2) is 89.0 Å². The van der Waals surface area contributed by atoms with Gasteiger partial charge in [0, 0.05) is 107 Å². The van der Waals surface area contributed by atoms with Crippen molar-refractivity contribution >= 4 is 40.3 Å². The molecule has 73 heavy (non-hydrogen) atoms. The third kappa shape index (κ3) is 11.3. The van der Waals surface area contributed by atoms with Crippen LogP contribution < -0.4 is 25.6 Å². The number of hydrogen-bond donors (Lipinski definition) is 4. The smallest absolute Gasteiger partial charge is 0.254 e. The first-order valence-corrected chi connectivity index (χ1v) is 26.5. The number of aromatic hydroxyl groups is 1. The molecule has 5 atom stereocenters. The Balaban J connectivity index is 0.650. The molecule has 10 rings (SSSR count). The minimum atomic E-state index is -0.811. The van der Waals surface area contributed by atoms with Crippen LogP contribution in [0.3, 0.4) is 0 Å². The molecule has 4 fully saturated rings. The average Bonchev–Trinajstić information content (AvgIpc) is 4.20. The number of ether oxygens (including phenoxy) is 1. The van der Waals surface area contributed by atoms with Crippen molar-refractivity contribution in [1.29, 1.82) is 0 Å². The summed E-state index contributed by atoms with van der Waals surface area (Å²) in [5, 5.41) is 36.8. The van der Waals surface area contributed by atoms with Gasteiger partial charge in [-0.25, -0.2) is 4.98 Å².